The van der Waals surface area contributed by atoms with Crippen molar-refractivity contribution in [1.82, 2.24) is 15.2 Å². The van der Waals surface area contributed by atoms with E-state index in [2.05, 4.69) is 50.4 Å². The molecule has 2 aromatic heterocycles. The zero-order valence-corrected chi connectivity index (χ0v) is 19.1. The SMILES string of the molecule is COc1ccc(-c2nc(C)c(-c3ccc(SCc4ccc(Br)cc4)nn3)s2)cc1. The molecule has 4 aromatic rings. The Balaban J connectivity index is 1.48. The quantitative estimate of drug-likeness (QED) is 0.287. The lowest BCUT2D eigenvalue weighted by molar-refractivity contribution is 0.415. The van der Waals surface area contributed by atoms with Crippen molar-refractivity contribution < 1.29 is 4.74 Å². The number of aromatic nitrogens is 3. The van der Waals surface area contributed by atoms with Crippen LogP contribution in [0.4, 0.5) is 0 Å². The van der Waals surface area contributed by atoms with Gasteiger partial charge in [-0.15, -0.1) is 21.5 Å². The summed E-state index contributed by atoms with van der Waals surface area (Å²) in [4.78, 5) is 5.77. The molecule has 4 nitrogen and oxygen atoms in total. The molecule has 0 saturated carbocycles. The second-order valence-electron chi connectivity index (χ2n) is 6.33. The minimum atomic E-state index is 0.837. The van der Waals surface area contributed by atoms with E-state index in [1.165, 1.54) is 5.56 Å². The van der Waals surface area contributed by atoms with Crippen LogP contribution in [0.25, 0.3) is 21.1 Å². The fraction of sp³-hybridized carbons (Fsp3) is 0.136. The van der Waals surface area contributed by atoms with Crippen molar-refractivity contribution >= 4 is 39.0 Å². The standard InChI is InChI=1S/C22H18BrN3OS2/c1-14-21(29-22(24-14)16-5-9-18(27-2)10-6-16)19-11-12-20(26-25-19)28-13-15-3-7-17(23)8-4-15/h3-12H,13H2,1-2H3. The Labute approximate surface area is 186 Å². The Morgan fingerprint density at radius 1 is 0.966 bits per heavy atom. The van der Waals surface area contributed by atoms with Gasteiger partial charge in [-0.1, -0.05) is 39.8 Å². The Morgan fingerprint density at radius 2 is 1.72 bits per heavy atom. The second-order valence-corrected chi connectivity index (χ2v) is 9.24. The van der Waals surface area contributed by atoms with Gasteiger partial charge in [0.1, 0.15) is 21.5 Å². The molecule has 0 aliphatic carbocycles. The molecule has 0 fully saturated rings. The van der Waals surface area contributed by atoms with E-state index < -0.39 is 0 Å². The highest BCUT2D eigenvalue weighted by Gasteiger charge is 2.13. The molecule has 0 saturated heterocycles. The zero-order valence-electron chi connectivity index (χ0n) is 15.9. The van der Waals surface area contributed by atoms with Crippen molar-refractivity contribution in [3.8, 4) is 26.9 Å². The number of methoxy groups -OCH3 is 1. The second kappa shape index (κ2) is 9.07. The summed E-state index contributed by atoms with van der Waals surface area (Å²) in [5.74, 6) is 1.70. The van der Waals surface area contributed by atoms with Crippen molar-refractivity contribution in [3.63, 3.8) is 0 Å². The maximum Gasteiger partial charge on any atom is 0.124 e. The van der Waals surface area contributed by atoms with Gasteiger partial charge in [-0.25, -0.2) is 4.98 Å². The van der Waals surface area contributed by atoms with Crippen LogP contribution in [0.5, 0.6) is 5.75 Å². The summed E-state index contributed by atoms with van der Waals surface area (Å²) in [6.45, 7) is 2.01. The van der Waals surface area contributed by atoms with Crippen LogP contribution in [0.3, 0.4) is 0 Å². The average molecular weight is 484 g/mol. The number of benzene rings is 2. The molecule has 0 bridgehead atoms. The zero-order chi connectivity index (χ0) is 20.2. The largest absolute Gasteiger partial charge is 0.497 e. The molecule has 0 atom stereocenters. The molecule has 0 aliphatic heterocycles. The van der Waals surface area contributed by atoms with Crippen LogP contribution < -0.4 is 4.74 Å². The van der Waals surface area contributed by atoms with Crippen LogP contribution in [0.15, 0.2) is 70.2 Å². The van der Waals surface area contributed by atoms with Gasteiger partial charge in [-0.05, 0) is 61.0 Å². The first-order valence-electron chi connectivity index (χ1n) is 8.95. The van der Waals surface area contributed by atoms with E-state index in [9.17, 15) is 0 Å². The smallest absolute Gasteiger partial charge is 0.124 e. The van der Waals surface area contributed by atoms with Gasteiger partial charge in [-0.3, -0.25) is 0 Å². The minimum absolute atomic E-state index is 0.837. The number of thioether (sulfide) groups is 1. The molecule has 146 valence electrons. The Morgan fingerprint density at radius 3 is 2.38 bits per heavy atom. The van der Waals surface area contributed by atoms with Gasteiger partial charge >= 0.3 is 0 Å². The molecular formula is C22H18BrN3OS2. The molecule has 2 heterocycles. The van der Waals surface area contributed by atoms with Crippen molar-refractivity contribution in [2.75, 3.05) is 7.11 Å². The van der Waals surface area contributed by atoms with Crippen LogP contribution in [0, 0.1) is 6.92 Å². The highest BCUT2D eigenvalue weighted by molar-refractivity contribution is 9.10. The number of thiazole rings is 1. The monoisotopic (exact) mass is 483 g/mol. The Kier molecular flexibility index (Phi) is 6.28. The number of hydrogen-bond donors (Lipinski definition) is 0. The predicted octanol–water partition coefficient (Wildman–Crippen LogP) is 6.64. The van der Waals surface area contributed by atoms with E-state index in [0.29, 0.717) is 0 Å². The maximum absolute atomic E-state index is 5.23. The summed E-state index contributed by atoms with van der Waals surface area (Å²) in [7, 11) is 1.67. The summed E-state index contributed by atoms with van der Waals surface area (Å²) in [6, 6.07) is 20.3. The van der Waals surface area contributed by atoms with Crippen LogP contribution in [-0.4, -0.2) is 22.3 Å². The van der Waals surface area contributed by atoms with E-state index in [-0.39, 0.29) is 0 Å². The summed E-state index contributed by atoms with van der Waals surface area (Å²) in [6.07, 6.45) is 0. The van der Waals surface area contributed by atoms with Gasteiger partial charge < -0.3 is 4.74 Å². The van der Waals surface area contributed by atoms with Crippen LogP contribution in [0.1, 0.15) is 11.3 Å². The van der Waals surface area contributed by atoms with Crippen molar-refractivity contribution in [1.29, 1.82) is 0 Å². The lowest BCUT2D eigenvalue weighted by Gasteiger charge is -2.02. The van der Waals surface area contributed by atoms with Gasteiger partial charge in [0.2, 0.25) is 0 Å². The maximum atomic E-state index is 5.23. The normalized spacial score (nSPS) is 10.9. The van der Waals surface area contributed by atoms with Crippen molar-refractivity contribution in [3.05, 3.63) is 76.4 Å². The number of nitrogens with zero attached hydrogens (tertiary/aromatic N) is 3. The third-order valence-corrected chi connectivity index (χ3v) is 7.06. The van der Waals surface area contributed by atoms with E-state index in [1.54, 1.807) is 30.2 Å². The van der Waals surface area contributed by atoms with E-state index in [1.807, 2.05) is 43.3 Å². The predicted molar refractivity (Wildman–Crippen MR) is 124 cm³/mol. The van der Waals surface area contributed by atoms with Crippen LogP contribution in [-0.2, 0) is 5.75 Å². The molecule has 0 spiro atoms. The van der Waals surface area contributed by atoms with Crippen molar-refractivity contribution in [2.24, 2.45) is 0 Å². The van der Waals surface area contributed by atoms with Gasteiger partial charge in [-0.2, -0.15) is 0 Å². The average Bonchev–Trinajstić information content (AvgIpc) is 3.15. The first-order chi connectivity index (χ1) is 14.1. The summed E-state index contributed by atoms with van der Waals surface area (Å²) in [5.41, 5.74) is 4.14. The number of halogens is 1. The molecule has 0 aliphatic rings. The molecule has 2 aromatic carbocycles. The van der Waals surface area contributed by atoms with Crippen LogP contribution >= 0.6 is 39.0 Å². The Bertz CT molecular complexity index is 1090. The van der Waals surface area contributed by atoms with E-state index in [4.69, 9.17) is 9.72 Å². The summed E-state index contributed by atoms with van der Waals surface area (Å²) >= 11 is 6.77. The highest BCUT2D eigenvalue weighted by atomic mass is 79.9. The molecule has 0 unspecified atom stereocenters. The lowest BCUT2D eigenvalue weighted by atomic mass is 10.2. The molecule has 7 heteroatoms. The number of rotatable bonds is 6. The summed E-state index contributed by atoms with van der Waals surface area (Å²) in [5, 5.41) is 10.7. The fourth-order valence-electron chi connectivity index (χ4n) is 2.75. The van der Waals surface area contributed by atoms with Gasteiger partial charge in [0.05, 0.1) is 17.7 Å². The molecule has 0 N–H and O–H groups in total. The Hall–Kier alpha value is -2.22. The molecule has 29 heavy (non-hydrogen) atoms. The first kappa shape index (κ1) is 20.1. The summed E-state index contributed by atoms with van der Waals surface area (Å²) < 4.78 is 6.32. The highest BCUT2D eigenvalue weighted by Crippen LogP contribution is 2.35. The third-order valence-electron chi connectivity index (χ3n) is 4.31. The van der Waals surface area contributed by atoms with E-state index in [0.717, 1.165) is 47.8 Å². The molecule has 4 rings (SSSR count). The fourth-order valence-corrected chi connectivity index (χ4v) is 4.82. The van der Waals surface area contributed by atoms with Gasteiger partial charge in [0.25, 0.3) is 0 Å². The van der Waals surface area contributed by atoms with E-state index >= 15 is 0 Å². The van der Waals surface area contributed by atoms with Gasteiger partial charge in [0.15, 0.2) is 0 Å². The first-order valence-corrected chi connectivity index (χ1v) is 11.5. The number of ether oxygens (including phenoxy) is 1. The number of aryl methyl sites for hydroxylation is 1. The molecule has 0 amide bonds. The lowest BCUT2D eigenvalue weighted by Crippen LogP contribution is -1.90. The topological polar surface area (TPSA) is 47.9 Å². The van der Waals surface area contributed by atoms with Crippen LogP contribution in [0.2, 0.25) is 0 Å². The molecular weight excluding hydrogens is 466 g/mol. The third kappa shape index (κ3) is 4.86. The van der Waals surface area contributed by atoms with Gasteiger partial charge in [0, 0.05) is 15.8 Å². The molecule has 0 radical (unpaired) electrons. The van der Waals surface area contributed by atoms with Crippen molar-refractivity contribution in [2.45, 2.75) is 17.7 Å². The number of hydrogen-bond acceptors (Lipinski definition) is 6. The minimum Gasteiger partial charge on any atom is -0.497 e.